The second-order valence-electron chi connectivity index (χ2n) is 8.56. The van der Waals surface area contributed by atoms with Crippen LogP contribution in [0.2, 0.25) is 15.1 Å². The van der Waals surface area contributed by atoms with Gasteiger partial charge in [-0.15, -0.1) is 0 Å². The number of likely N-dealkylation sites (tertiary alicyclic amines) is 1. The van der Waals surface area contributed by atoms with Gasteiger partial charge >= 0.3 is 5.91 Å². The quantitative estimate of drug-likeness (QED) is 0.430. The summed E-state index contributed by atoms with van der Waals surface area (Å²) >= 11 is 18.7. The Hall–Kier alpha value is -1.06. The fraction of sp³-hybridized carbons (Fsp3) is 0.391. The van der Waals surface area contributed by atoms with E-state index >= 15 is 0 Å². The van der Waals surface area contributed by atoms with E-state index in [2.05, 4.69) is 12.5 Å². The molecule has 1 amide bonds. The van der Waals surface area contributed by atoms with Gasteiger partial charge < -0.3 is 24.0 Å². The molecule has 1 N–H and O–H groups in total. The predicted molar refractivity (Wildman–Crippen MR) is 128 cm³/mol. The third kappa shape index (κ3) is 5.36. The Kier molecular flexibility index (Phi) is 8.36. The van der Waals surface area contributed by atoms with Gasteiger partial charge in [0.1, 0.15) is 18.8 Å². The number of nitrogens with one attached hydrogen (secondary N) is 1. The standard InChI is InChI=1S/C23H25Cl3N4O.HI/c1-15-21(23(31)28-30(2)12-4-3-5-13-30)27-29(20-11-10-18(25)14-19(20)26)22(15)16-6-8-17(24)9-7-16;/h6-11,14-15,22H,3-5,12-13H2,1-2H3;1H/t15-,22+;/m1./s1. The van der Waals surface area contributed by atoms with E-state index in [-0.39, 0.29) is 41.8 Å². The largest absolute Gasteiger partial charge is 1.00 e. The van der Waals surface area contributed by atoms with Crippen molar-refractivity contribution in [2.24, 2.45) is 11.0 Å². The van der Waals surface area contributed by atoms with Crippen molar-refractivity contribution in [1.82, 2.24) is 5.43 Å². The second kappa shape index (κ2) is 10.5. The summed E-state index contributed by atoms with van der Waals surface area (Å²) in [5.41, 5.74) is 5.42. The van der Waals surface area contributed by atoms with E-state index in [1.165, 1.54) is 6.42 Å². The number of piperidine rings is 1. The summed E-state index contributed by atoms with van der Waals surface area (Å²) in [6.07, 6.45) is 3.43. The van der Waals surface area contributed by atoms with Crippen LogP contribution in [0.5, 0.6) is 0 Å². The third-order valence-corrected chi connectivity index (χ3v) is 6.95. The first kappa shape index (κ1) is 25.6. The van der Waals surface area contributed by atoms with Gasteiger partial charge in [0.05, 0.1) is 23.8 Å². The molecule has 0 unspecified atom stereocenters. The number of anilines is 1. The van der Waals surface area contributed by atoms with Gasteiger partial charge in [0, 0.05) is 16.0 Å². The van der Waals surface area contributed by atoms with Gasteiger partial charge in [0.2, 0.25) is 0 Å². The Morgan fingerprint density at radius 2 is 1.66 bits per heavy atom. The Balaban J connectivity index is 0.00000289. The predicted octanol–water partition coefficient (Wildman–Crippen LogP) is 2.87. The van der Waals surface area contributed by atoms with Crippen LogP contribution in [-0.2, 0) is 4.79 Å². The first-order valence-corrected chi connectivity index (χ1v) is 11.7. The molecular formula is C23H26Cl3IN4O. The number of hydrazone groups is 1. The maximum atomic E-state index is 13.3. The number of hydrogen-bond acceptors (Lipinski definition) is 3. The van der Waals surface area contributed by atoms with E-state index in [1.807, 2.05) is 42.3 Å². The number of halogens is 4. The molecule has 0 aromatic heterocycles. The molecule has 0 radical (unpaired) electrons. The zero-order valence-electron chi connectivity index (χ0n) is 18.0. The van der Waals surface area contributed by atoms with Crippen molar-refractivity contribution < 1.29 is 33.4 Å². The second-order valence-corrected chi connectivity index (χ2v) is 9.84. The van der Waals surface area contributed by atoms with Crippen molar-refractivity contribution in [2.45, 2.75) is 32.2 Å². The van der Waals surface area contributed by atoms with Crippen molar-refractivity contribution in [2.75, 3.05) is 25.1 Å². The van der Waals surface area contributed by atoms with Crippen LogP contribution in [0.3, 0.4) is 0 Å². The van der Waals surface area contributed by atoms with Gasteiger partial charge in [0.25, 0.3) is 0 Å². The van der Waals surface area contributed by atoms with Crippen LogP contribution in [0.4, 0.5) is 5.69 Å². The van der Waals surface area contributed by atoms with Crippen molar-refractivity contribution in [3.8, 4) is 0 Å². The molecule has 0 aliphatic carbocycles. The highest BCUT2D eigenvalue weighted by Crippen LogP contribution is 2.42. The topological polar surface area (TPSA) is 44.7 Å². The lowest BCUT2D eigenvalue weighted by atomic mass is 9.91. The molecule has 4 rings (SSSR count). The zero-order chi connectivity index (χ0) is 22.2. The maximum Gasteiger partial charge on any atom is 0.312 e. The van der Waals surface area contributed by atoms with Gasteiger partial charge in [-0.3, -0.25) is 9.80 Å². The fourth-order valence-corrected chi connectivity index (χ4v) is 5.09. The lowest BCUT2D eigenvalue weighted by molar-refractivity contribution is -0.947. The Morgan fingerprint density at radius 3 is 2.28 bits per heavy atom. The molecule has 0 saturated carbocycles. The van der Waals surface area contributed by atoms with E-state index in [0.29, 0.717) is 31.1 Å². The molecule has 0 spiro atoms. The molecule has 1 saturated heterocycles. The lowest BCUT2D eigenvalue weighted by Gasteiger charge is -2.36. The monoisotopic (exact) mass is 606 g/mol. The van der Waals surface area contributed by atoms with Crippen molar-refractivity contribution in [1.29, 1.82) is 0 Å². The highest BCUT2D eigenvalue weighted by atomic mass is 127. The van der Waals surface area contributed by atoms with Gasteiger partial charge in [-0.05, 0) is 55.2 Å². The number of hydrogen-bond donors (Lipinski definition) is 1. The number of carbonyl (C=O) groups excluding carboxylic acids is 1. The highest BCUT2D eigenvalue weighted by molar-refractivity contribution is 6.40. The van der Waals surface area contributed by atoms with Crippen LogP contribution in [0.25, 0.3) is 0 Å². The molecule has 1 fully saturated rings. The van der Waals surface area contributed by atoms with Gasteiger partial charge in [0.15, 0.2) is 0 Å². The van der Waals surface area contributed by atoms with Crippen LogP contribution in [0.15, 0.2) is 47.6 Å². The van der Waals surface area contributed by atoms with Crippen LogP contribution in [0.1, 0.15) is 37.8 Å². The van der Waals surface area contributed by atoms with Crippen LogP contribution < -0.4 is 34.4 Å². The van der Waals surface area contributed by atoms with E-state index in [4.69, 9.17) is 39.9 Å². The first-order chi connectivity index (χ1) is 14.8. The molecule has 32 heavy (non-hydrogen) atoms. The molecule has 5 nitrogen and oxygen atoms in total. The van der Waals surface area contributed by atoms with Crippen LogP contribution in [-0.4, -0.2) is 36.3 Å². The van der Waals surface area contributed by atoms with Gasteiger partial charge in [-0.1, -0.05) is 53.9 Å². The van der Waals surface area contributed by atoms with E-state index < -0.39 is 0 Å². The number of carbonyl (C=O) groups is 1. The molecule has 2 aromatic carbocycles. The zero-order valence-corrected chi connectivity index (χ0v) is 22.4. The summed E-state index contributed by atoms with van der Waals surface area (Å²) in [6, 6.07) is 12.7. The van der Waals surface area contributed by atoms with Crippen LogP contribution >= 0.6 is 34.8 Å². The van der Waals surface area contributed by atoms with Gasteiger partial charge in [-0.25, -0.2) is 4.59 Å². The van der Waals surface area contributed by atoms with Gasteiger partial charge in [-0.2, -0.15) is 10.5 Å². The summed E-state index contributed by atoms with van der Waals surface area (Å²) in [6.45, 7) is 3.89. The Morgan fingerprint density at radius 1 is 1.03 bits per heavy atom. The number of quaternary nitrogens is 1. The number of rotatable bonds is 4. The Labute approximate surface area is 221 Å². The SMILES string of the molecule is C[C@@H]1C(C(=O)N[N+]2(C)CCCCC2)=NN(c2ccc(Cl)cc2Cl)[C@@H]1c1ccc(Cl)cc1.[I-]. The van der Waals surface area contributed by atoms with E-state index in [9.17, 15) is 4.79 Å². The molecule has 9 heteroatoms. The van der Waals surface area contributed by atoms with Crippen LogP contribution in [0, 0.1) is 5.92 Å². The molecule has 0 bridgehead atoms. The molecule has 2 aliphatic heterocycles. The minimum Gasteiger partial charge on any atom is -1.00 e. The lowest BCUT2D eigenvalue weighted by Crippen LogP contribution is -3.00. The van der Waals surface area contributed by atoms with E-state index in [0.717, 1.165) is 31.5 Å². The summed E-state index contributed by atoms with van der Waals surface area (Å²) in [4.78, 5) is 13.3. The average molecular weight is 608 g/mol. The molecule has 2 atom stereocenters. The maximum absolute atomic E-state index is 13.3. The average Bonchev–Trinajstić information content (AvgIpc) is 3.06. The molecule has 172 valence electrons. The normalized spacial score (nSPS) is 22.2. The molecule has 2 aliphatic rings. The van der Waals surface area contributed by atoms with Crippen molar-refractivity contribution in [3.05, 3.63) is 63.1 Å². The summed E-state index contributed by atoms with van der Waals surface area (Å²) in [5.74, 6) is -0.284. The van der Waals surface area contributed by atoms with Crippen molar-refractivity contribution in [3.63, 3.8) is 0 Å². The number of amides is 1. The summed E-state index contributed by atoms with van der Waals surface area (Å²) in [5, 5.41) is 8.30. The highest BCUT2D eigenvalue weighted by Gasteiger charge is 2.42. The molecule has 2 heterocycles. The minimum atomic E-state index is -0.191. The van der Waals surface area contributed by atoms with E-state index in [1.54, 1.807) is 12.1 Å². The fourth-order valence-electron chi connectivity index (χ4n) is 4.47. The smallest absolute Gasteiger partial charge is 0.312 e. The molecular weight excluding hydrogens is 582 g/mol. The van der Waals surface area contributed by atoms with Crippen molar-refractivity contribution >= 4 is 52.1 Å². The number of nitrogens with zero attached hydrogens (tertiary/aromatic N) is 3. The summed E-state index contributed by atoms with van der Waals surface area (Å²) in [7, 11) is 2.07. The number of benzene rings is 2. The Bertz CT molecular complexity index is 1010. The third-order valence-electron chi connectivity index (χ3n) is 6.16. The molecule has 2 aromatic rings. The first-order valence-electron chi connectivity index (χ1n) is 10.5. The minimum absolute atomic E-state index is 0. The summed E-state index contributed by atoms with van der Waals surface area (Å²) < 4.78 is 0.540.